The molecule has 4 atom stereocenters. The summed E-state index contributed by atoms with van der Waals surface area (Å²) in [5.41, 5.74) is 1.91. The normalized spacial score (nSPS) is 22.6. The van der Waals surface area contributed by atoms with Crippen LogP contribution < -0.4 is 15.4 Å². The van der Waals surface area contributed by atoms with E-state index in [9.17, 15) is 14.7 Å². The molecule has 0 aromatic heterocycles. The molecule has 2 aliphatic rings. The third-order valence-electron chi connectivity index (χ3n) is 9.18. The summed E-state index contributed by atoms with van der Waals surface area (Å²) in [5, 5.41) is 17.3. The summed E-state index contributed by atoms with van der Waals surface area (Å²) in [6.07, 6.45) is 7.69. The van der Waals surface area contributed by atoms with Gasteiger partial charge in [0.1, 0.15) is 5.75 Å². The van der Waals surface area contributed by atoms with Crippen LogP contribution in [0.15, 0.2) is 36.4 Å². The predicted molar refractivity (Wildman–Crippen MR) is 189 cm³/mol. The standard InChI is InChI=1S/C36H52Cl2N4O5/c1-24-20-42(25(2)23-43)35(44)30-19-29(40-36(45)39-28-11-6-5-7-12-28)14-16-33(30)47-26(3)10-8-9-17-46-34(24)22-41(4)21-27-13-15-31(37)32(38)18-27/h13-16,18-19,24-26,28,34,43H,5-12,17,20-23H2,1-4H3,(H2,39,40,45)/t24-,25-,26-,34+/m1/s1. The first kappa shape index (κ1) is 37.3. The van der Waals surface area contributed by atoms with Crippen LogP contribution in [-0.4, -0.2) is 84.5 Å². The second-order valence-corrected chi connectivity index (χ2v) is 14.2. The van der Waals surface area contributed by atoms with E-state index < -0.39 is 6.04 Å². The second-order valence-electron chi connectivity index (χ2n) is 13.4. The van der Waals surface area contributed by atoms with E-state index in [1.165, 1.54) is 6.42 Å². The number of carbonyl (C=O) groups excluding carboxylic acids is 2. The Morgan fingerprint density at radius 2 is 1.79 bits per heavy atom. The molecule has 0 radical (unpaired) electrons. The number of anilines is 1. The van der Waals surface area contributed by atoms with Crippen LogP contribution in [0.25, 0.3) is 0 Å². The summed E-state index contributed by atoms with van der Waals surface area (Å²) in [4.78, 5) is 31.1. The smallest absolute Gasteiger partial charge is 0.319 e. The molecule has 1 heterocycles. The number of carbonyl (C=O) groups is 2. The van der Waals surface area contributed by atoms with Gasteiger partial charge in [0, 0.05) is 43.9 Å². The highest BCUT2D eigenvalue weighted by Gasteiger charge is 2.30. The number of aliphatic hydroxyl groups excluding tert-OH is 1. The second kappa shape index (κ2) is 18.3. The molecule has 3 N–H and O–H groups in total. The highest BCUT2D eigenvalue weighted by atomic mass is 35.5. The van der Waals surface area contributed by atoms with Crippen molar-refractivity contribution in [2.24, 2.45) is 5.92 Å². The fraction of sp³-hybridized carbons (Fsp3) is 0.611. The maximum atomic E-state index is 14.4. The van der Waals surface area contributed by atoms with Crippen LogP contribution in [0.1, 0.15) is 88.1 Å². The monoisotopic (exact) mass is 690 g/mol. The van der Waals surface area contributed by atoms with Crippen LogP contribution in [0.3, 0.4) is 0 Å². The summed E-state index contributed by atoms with van der Waals surface area (Å²) in [6.45, 7) is 7.98. The van der Waals surface area contributed by atoms with Crippen LogP contribution in [0, 0.1) is 5.92 Å². The summed E-state index contributed by atoms with van der Waals surface area (Å²) in [6, 6.07) is 10.3. The minimum absolute atomic E-state index is 0.0574. The topological polar surface area (TPSA) is 103 Å². The van der Waals surface area contributed by atoms with Gasteiger partial charge in [0.05, 0.1) is 40.5 Å². The van der Waals surface area contributed by atoms with Gasteiger partial charge in [-0.15, -0.1) is 0 Å². The molecule has 0 bridgehead atoms. The van der Waals surface area contributed by atoms with Gasteiger partial charge in [-0.25, -0.2) is 4.79 Å². The number of amides is 3. The predicted octanol–water partition coefficient (Wildman–Crippen LogP) is 7.38. The number of nitrogens with zero attached hydrogens (tertiary/aromatic N) is 2. The number of aliphatic hydroxyl groups is 1. The fourth-order valence-electron chi connectivity index (χ4n) is 6.38. The largest absolute Gasteiger partial charge is 0.490 e. The van der Waals surface area contributed by atoms with E-state index in [2.05, 4.69) is 22.5 Å². The van der Waals surface area contributed by atoms with Crippen molar-refractivity contribution in [2.75, 3.05) is 38.7 Å². The number of urea groups is 1. The average molecular weight is 692 g/mol. The molecule has 1 fully saturated rings. The Kier molecular flexibility index (Phi) is 14.5. The van der Waals surface area contributed by atoms with E-state index in [4.69, 9.17) is 32.7 Å². The average Bonchev–Trinajstić information content (AvgIpc) is 3.04. The first-order chi connectivity index (χ1) is 22.5. The number of benzene rings is 2. The van der Waals surface area contributed by atoms with Gasteiger partial charge in [0.15, 0.2) is 0 Å². The van der Waals surface area contributed by atoms with Gasteiger partial charge in [-0.3, -0.25) is 9.69 Å². The van der Waals surface area contributed by atoms with Gasteiger partial charge >= 0.3 is 6.03 Å². The molecule has 11 heteroatoms. The molecule has 3 amide bonds. The lowest BCUT2D eigenvalue weighted by Crippen LogP contribution is -2.47. The number of rotatable bonds is 8. The fourth-order valence-corrected chi connectivity index (χ4v) is 6.70. The Balaban J connectivity index is 1.56. The molecule has 0 saturated heterocycles. The number of ether oxygens (including phenoxy) is 2. The van der Waals surface area contributed by atoms with Crippen molar-refractivity contribution in [1.29, 1.82) is 0 Å². The zero-order valence-electron chi connectivity index (χ0n) is 28.3. The van der Waals surface area contributed by atoms with Crippen LogP contribution in [-0.2, 0) is 11.3 Å². The van der Waals surface area contributed by atoms with Gasteiger partial charge in [0.25, 0.3) is 5.91 Å². The molecule has 4 rings (SSSR count). The molecule has 0 unspecified atom stereocenters. The summed E-state index contributed by atoms with van der Waals surface area (Å²) < 4.78 is 12.8. The highest BCUT2D eigenvalue weighted by molar-refractivity contribution is 6.42. The Labute approximate surface area is 290 Å². The zero-order chi connectivity index (χ0) is 33.9. The first-order valence-corrected chi connectivity index (χ1v) is 17.8. The van der Waals surface area contributed by atoms with Crippen molar-refractivity contribution in [1.82, 2.24) is 15.1 Å². The third-order valence-corrected chi connectivity index (χ3v) is 9.92. The number of nitrogens with one attached hydrogen (secondary N) is 2. The quantitative estimate of drug-likeness (QED) is 0.267. The molecular weight excluding hydrogens is 639 g/mol. The van der Waals surface area contributed by atoms with Gasteiger partial charge in [-0.05, 0) is 88.9 Å². The number of fused-ring (bicyclic) bond motifs is 1. The Bertz CT molecular complexity index is 1320. The van der Waals surface area contributed by atoms with Crippen molar-refractivity contribution >= 4 is 40.8 Å². The van der Waals surface area contributed by atoms with Gasteiger partial charge in [-0.1, -0.05) is 55.5 Å². The zero-order valence-corrected chi connectivity index (χ0v) is 29.8. The van der Waals surface area contributed by atoms with Crippen molar-refractivity contribution < 1.29 is 24.2 Å². The lowest BCUT2D eigenvalue weighted by Gasteiger charge is -2.36. The molecule has 1 aliphatic heterocycles. The Morgan fingerprint density at radius 1 is 1.04 bits per heavy atom. The Hall–Kier alpha value is -2.56. The van der Waals surface area contributed by atoms with Gasteiger partial charge < -0.3 is 30.1 Å². The number of halogens is 2. The van der Waals surface area contributed by atoms with Crippen LogP contribution in [0.5, 0.6) is 5.75 Å². The summed E-state index contributed by atoms with van der Waals surface area (Å²) in [5.74, 6) is 0.143. The SMILES string of the molecule is C[C@@H]1CCCCO[C@@H](CN(C)Cc2ccc(Cl)c(Cl)c2)[C@H](C)CN([C@H](C)CO)C(=O)c2cc(NC(=O)NC3CCCCC3)ccc2O1. The van der Waals surface area contributed by atoms with Crippen molar-refractivity contribution in [3.8, 4) is 5.75 Å². The van der Waals surface area contributed by atoms with Gasteiger partial charge in [0.2, 0.25) is 0 Å². The van der Waals surface area contributed by atoms with Crippen molar-refractivity contribution in [3.05, 3.63) is 57.6 Å². The van der Waals surface area contributed by atoms with Crippen LogP contribution >= 0.6 is 23.2 Å². The molecule has 260 valence electrons. The Morgan fingerprint density at radius 3 is 2.51 bits per heavy atom. The summed E-state index contributed by atoms with van der Waals surface area (Å²) in [7, 11) is 2.04. The maximum Gasteiger partial charge on any atom is 0.319 e. The number of likely N-dealkylation sites (N-methyl/N-ethyl adjacent to an activating group) is 1. The summed E-state index contributed by atoms with van der Waals surface area (Å²) >= 11 is 12.4. The van der Waals surface area contributed by atoms with E-state index in [-0.39, 0.29) is 42.7 Å². The van der Waals surface area contributed by atoms with Crippen LogP contribution in [0.4, 0.5) is 10.5 Å². The van der Waals surface area contributed by atoms with Crippen molar-refractivity contribution in [3.63, 3.8) is 0 Å². The minimum Gasteiger partial charge on any atom is -0.490 e. The third kappa shape index (κ3) is 11.2. The molecule has 2 aromatic rings. The maximum absolute atomic E-state index is 14.4. The van der Waals surface area contributed by atoms with E-state index in [0.29, 0.717) is 53.3 Å². The molecule has 9 nitrogen and oxygen atoms in total. The molecule has 1 aliphatic carbocycles. The lowest BCUT2D eigenvalue weighted by atomic mass is 9.96. The van der Waals surface area contributed by atoms with E-state index in [0.717, 1.165) is 50.5 Å². The molecule has 0 spiro atoms. The molecule has 2 aromatic carbocycles. The van der Waals surface area contributed by atoms with Crippen LogP contribution in [0.2, 0.25) is 10.0 Å². The molecular formula is C36H52Cl2N4O5. The molecule has 1 saturated carbocycles. The van der Waals surface area contributed by atoms with E-state index in [1.807, 2.05) is 33.0 Å². The minimum atomic E-state index is -0.455. The first-order valence-electron chi connectivity index (χ1n) is 17.1. The molecule has 47 heavy (non-hydrogen) atoms. The van der Waals surface area contributed by atoms with E-state index >= 15 is 0 Å². The number of hydrogen-bond donors (Lipinski definition) is 3. The lowest BCUT2D eigenvalue weighted by molar-refractivity contribution is -0.0177. The highest BCUT2D eigenvalue weighted by Crippen LogP contribution is 2.29. The van der Waals surface area contributed by atoms with E-state index in [1.54, 1.807) is 29.2 Å². The van der Waals surface area contributed by atoms with Gasteiger partial charge in [-0.2, -0.15) is 0 Å². The van der Waals surface area contributed by atoms with Crippen molar-refractivity contribution in [2.45, 2.75) is 103 Å². The number of hydrogen-bond acceptors (Lipinski definition) is 6.